The Balaban J connectivity index is 1.54. The Hall–Kier alpha value is -1.25. The van der Waals surface area contributed by atoms with Crippen molar-refractivity contribution in [3.05, 3.63) is 18.1 Å². The van der Waals surface area contributed by atoms with Gasteiger partial charge in [0, 0.05) is 52.0 Å². The summed E-state index contributed by atoms with van der Waals surface area (Å²) in [6.45, 7) is 3.87. The Morgan fingerprint density at radius 3 is 2.58 bits per heavy atom. The predicted octanol–water partition coefficient (Wildman–Crippen LogP) is 2.01. The van der Waals surface area contributed by atoms with Gasteiger partial charge in [-0.05, 0) is 44.6 Å². The molecule has 26 heavy (non-hydrogen) atoms. The van der Waals surface area contributed by atoms with Gasteiger partial charge in [0.15, 0.2) is 0 Å². The molecule has 3 rings (SSSR count). The maximum absolute atomic E-state index is 12.5. The number of methoxy groups -OCH3 is 1. The van der Waals surface area contributed by atoms with E-state index in [-0.39, 0.29) is 11.7 Å². The lowest BCUT2D eigenvalue weighted by molar-refractivity contribution is 0.194. The van der Waals surface area contributed by atoms with E-state index in [4.69, 9.17) is 9.72 Å². The van der Waals surface area contributed by atoms with Crippen LogP contribution in [-0.2, 0) is 14.8 Å². The monoisotopic (exact) mass is 382 g/mol. The van der Waals surface area contributed by atoms with Crippen molar-refractivity contribution in [2.24, 2.45) is 0 Å². The molecule has 2 saturated heterocycles. The van der Waals surface area contributed by atoms with Gasteiger partial charge in [-0.1, -0.05) is 0 Å². The fraction of sp³-hybridized carbons (Fsp3) is 0.778. The largest absolute Gasteiger partial charge is 0.385 e. The maximum atomic E-state index is 12.5. The van der Waals surface area contributed by atoms with Crippen molar-refractivity contribution in [1.29, 1.82) is 0 Å². The van der Waals surface area contributed by atoms with Crippen molar-refractivity contribution in [2.75, 3.05) is 50.5 Å². The van der Waals surface area contributed by atoms with E-state index in [1.807, 2.05) is 12.3 Å². The average molecular weight is 383 g/mol. The number of piperidine rings is 1. The van der Waals surface area contributed by atoms with E-state index in [0.29, 0.717) is 26.1 Å². The fourth-order valence-electron chi connectivity index (χ4n) is 3.73. The Labute approximate surface area is 156 Å². The highest BCUT2D eigenvalue weighted by Crippen LogP contribution is 2.28. The first kappa shape index (κ1) is 19.5. The second-order valence-electron chi connectivity index (χ2n) is 7.16. The summed E-state index contributed by atoms with van der Waals surface area (Å²) < 4.78 is 31.6. The molecule has 1 aromatic heterocycles. The van der Waals surface area contributed by atoms with Gasteiger partial charge in [-0.25, -0.2) is 22.7 Å². The fourth-order valence-corrected chi connectivity index (χ4v) is 5.33. The van der Waals surface area contributed by atoms with Gasteiger partial charge in [-0.2, -0.15) is 0 Å². The van der Waals surface area contributed by atoms with Crippen LogP contribution in [0.15, 0.2) is 12.3 Å². The summed E-state index contributed by atoms with van der Waals surface area (Å²) in [6, 6.07) is 1.98. The molecule has 0 spiro atoms. The average Bonchev–Trinajstić information content (AvgIpc) is 3.20. The first-order chi connectivity index (χ1) is 12.6. The number of unbranched alkanes of at least 4 members (excludes halogenated alkanes) is 1. The van der Waals surface area contributed by atoms with Crippen LogP contribution in [0.1, 0.15) is 50.3 Å². The van der Waals surface area contributed by atoms with Crippen LogP contribution >= 0.6 is 0 Å². The smallest absolute Gasteiger partial charge is 0.214 e. The van der Waals surface area contributed by atoms with Gasteiger partial charge in [0.1, 0.15) is 11.6 Å². The number of hydrogen-bond donors (Lipinski definition) is 0. The van der Waals surface area contributed by atoms with Gasteiger partial charge in [0.25, 0.3) is 0 Å². The zero-order valence-corrected chi connectivity index (χ0v) is 16.5. The topological polar surface area (TPSA) is 75.6 Å². The Morgan fingerprint density at radius 1 is 1.15 bits per heavy atom. The molecule has 146 valence electrons. The van der Waals surface area contributed by atoms with Crippen molar-refractivity contribution < 1.29 is 13.2 Å². The number of sulfonamides is 1. The molecule has 1 aromatic rings. The molecule has 0 aromatic carbocycles. The minimum Gasteiger partial charge on any atom is -0.385 e. The quantitative estimate of drug-likeness (QED) is 0.640. The molecule has 0 N–H and O–H groups in total. The molecule has 0 bridgehead atoms. The minimum atomic E-state index is -3.16. The van der Waals surface area contributed by atoms with E-state index in [9.17, 15) is 8.42 Å². The van der Waals surface area contributed by atoms with Crippen LogP contribution in [-0.4, -0.2) is 68.3 Å². The summed E-state index contributed by atoms with van der Waals surface area (Å²) in [6.07, 6.45) is 7.30. The normalized spacial score (nSPS) is 20.0. The molecule has 7 nitrogen and oxygen atoms in total. The van der Waals surface area contributed by atoms with E-state index < -0.39 is 10.0 Å². The van der Waals surface area contributed by atoms with E-state index in [1.165, 1.54) is 12.8 Å². The summed E-state index contributed by atoms with van der Waals surface area (Å²) in [4.78, 5) is 11.6. The molecule has 0 radical (unpaired) electrons. The third-order valence-corrected chi connectivity index (χ3v) is 7.26. The second-order valence-corrected chi connectivity index (χ2v) is 9.24. The number of ether oxygens (including phenoxy) is 1. The van der Waals surface area contributed by atoms with E-state index in [1.54, 1.807) is 11.4 Å². The van der Waals surface area contributed by atoms with Crippen molar-refractivity contribution >= 4 is 15.8 Å². The highest BCUT2D eigenvalue weighted by atomic mass is 32.2. The van der Waals surface area contributed by atoms with Gasteiger partial charge in [0.05, 0.1) is 5.75 Å². The van der Waals surface area contributed by atoms with Crippen molar-refractivity contribution in [1.82, 2.24) is 14.3 Å². The van der Waals surface area contributed by atoms with Crippen molar-refractivity contribution in [2.45, 2.75) is 44.4 Å². The third-order valence-electron chi connectivity index (χ3n) is 5.30. The lowest BCUT2D eigenvalue weighted by Crippen LogP contribution is -2.39. The molecule has 0 atom stereocenters. The molecule has 0 aliphatic carbocycles. The van der Waals surface area contributed by atoms with E-state index >= 15 is 0 Å². The SMILES string of the molecule is COCCCCS(=O)(=O)N1CCC(c2nccc(N3CCCC3)n2)CC1. The van der Waals surface area contributed by atoms with Crippen LogP contribution in [0.3, 0.4) is 0 Å². The molecule has 2 fully saturated rings. The maximum Gasteiger partial charge on any atom is 0.214 e. The molecule has 8 heteroatoms. The highest BCUT2D eigenvalue weighted by Gasteiger charge is 2.29. The van der Waals surface area contributed by atoms with Crippen LogP contribution in [0.25, 0.3) is 0 Å². The molecule has 2 aliphatic rings. The van der Waals surface area contributed by atoms with Crippen LogP contribution in [0.2, 0.25) is 0 Å². The first-order valence-electron chi connectivity index (χ1n) is 9.65. The van der Waals surface area contributed by atoms with E-state index in [0.717, 1.165) is 44.0 Å². The number of anilines is 1. The van der Waals surface area contributed by atoms with Crippen molar-refractivity contribution in [3.8, 4) is 0 Å². The summed E-state index contributed by atoms with van der Waals surface area (Å²) in [5, 5.41) is 0. The van der Waals surface area contributed by atoms with Crippen molar-refractivity contribution in [3.63, 3.8) is 0 Å². The number of rotatable bonds is 8. The highest BCUT2D eigenvalue weighted by molar-refractivity contribution is 7.89. The van der Waals surface area contributed by atoms with Crippen LogP contribution in [0.4, 0.5) is 5.82 Å². The molecular weight excluding hydrogens is 352 g/mol. The van der Waals surface area contributed by atoms with Gasteiger partial charge in [-0.15, -0.1) is 0 Å². The number of hydrogen-bond acceptors (Lipinski definition) is 6. The van der Waals surface area contributed by atoms with Gasteiger partial charge < -0.3 is 9.64 Å². The zero-order valence-electron chi connectivity index (χ0n) is 15.6. The molecule has 0 amide bonds. The lowest BCUT2D eigenvalue weighted by Gasteiger charge is -2.30. The summed E-state index contributed by atoms with van der Waals surface area (Å²) in [5.41, 5.74) is 0. The first-order valence-corrected chi connectivity index (χ1v) is 11.3. The molecular formula is C18H30N4O3S. The van der Waals surface area contributed by atoms with Gasteiger partial charge in [-0.3, -0.25) is 0 Å². The molecule has 0 unspecified atom stereocenters. The zero-order chi connectivity index (χ0) is 18.4. The van der Waals surface area contributed by atoms with Crippen LogP contribution in [0.5, 0.6) is 0 Å². The van der Waals surface area contributed by atoms with Gasteiger partial charge in [0.2, 0.25) is 10.0 Å². The summed E-state index contributed by atoms with van der Waals surface area (Å²) >= 11 is 0. The van der Waals surface area contributed by atoms with Crippen LogP contribution < -0.4 is 4.90 Å². The molecule has 0 saturated carbocycles. The van der Waals surface area contributed by atoms with Gasteiger partial charge >= 0.3 is 0 Å². The summed E-state index contributed by atoms with van der Waals surface area (Å²) in [7, 11) is -1.52. The minimum absolute atomic E-state index is 0.210. The summed E-state index contributed by atoms with van der Waals surface area (Å²) in [5.74, 6) is 2.34. The predicted molar refractivity (Wildman–Crippen MR) is 102 cm³/mol. The van der Waals surface area contributed by atoms with Crippen LogP contribution in [0, 0.1) is 0 Å². The Kier molecular flexibility index (Phi) is 6.83. The number of nitrogens with zero attached hydrogens (tertiary/aromatic N) is 4. The molecule has 2 aliphatic heterocycles. The Morgan fingerprint density at radius 2 is 1.88 bits per heavy atom. The number of aromatic nitrogens is 2. The second kappa shape index (κ2) is 9.10. The Bertz CT molecular complexity index is 669. The lowest BCUT2D eigenvalue weighted by atomic mass is 9.97. The third kappa shape index (κ3) is 4.92. The molecule has 3 heterocycles. The van der Waals surface area contributed by atoms with E-state index in [2.05, 4.69) is 9.88 Å². The standard InChI is InChI=1S/C18H30N4O3S/c1-25-14-4-5-15-26(23,24)22-12-7-16(8-13-22)18-19-9-6-17(20-18)21-10-2-3-11-21/h6,9,16H,2-5,7-8,10-15H2,1H3.